The molecule has 6 heteroatoms. The fourth-order valence-corrected chi connectivity index (χ4v) is 2.29. The molecule has 1 saturated heterocycles. The number of benzene rings is 1. The van der Waals surface area contributed by atoms with Crippen LogP contribution in [0.2, 0.25) is 5.02 Å². The van der Waals surface area contributed by atoms with Crippen LogP contribution in [0.4, 0.5) is 10.5 Å². The van der Waals surface area contributed by atoms with Crippen molar-refractivity contribution in [2.75, 3.05) is 18.4 Å². The number of halogens is 1. The van der Waals surface area contributed by atoms with Crippen molar-refractivity contribution in [3.63, 3.8) is 0 Å². The van der Waals surface area contributed by atoms with Gasteiger partial charge in [-0.05, 0) is 44.5 Å². The molecule has 116 valence electrons. The van der Waals surface area contributed by atoms with Gasteiger partial charge in [0.25, 0.3) is 0 Å². The molecule has 1 aliphatic rings. The van der Waals surface area contributed by atoms with Crippen molar-refractivity contribution in [1.29, 1.82) is 0 Å². The molecule has 1 heterocycles. The highest BCUT2D eigenvalue weighted by Gasteiger charge is 2.34. The lowest BCUT2D eigenvalue weighted by Gasteiger charge is -2.38. The third-order valence-corrected chi connectivity index (χ3v) is 3.49. The van der Waals surface area contributed by atoms with Gasteiger partial charge in [0.15, 0.2) is 0 Å². The Morgan fingerprint density at radius 1 is 1.48 bits per heavy atom. The zero-order chi connectivity index (χ0) is 15.7. The summed E-state index contributed by atoms with van der Waals surface area (Å²) >= 11 is 6.15. The van der Waals surface area contributed by atoms with E-state index in [1.165, 1.54) is 0 Å². The fourth-order valence-electron chi connectivity index (χ4n) is 2.10. The molecule has 0 aromatic heterocycles. The lowest BCUT2D eigenvalue weighted by molar-refractivity contribution is -0.00899. The summed E-state index contributed by atoms with van der Waals surface area (Å²) in [6, 6.07) is 5.18. The van der Waals surface area contributed by atoms with Gasteiger partial charge in [0, 0.05) is 30.2 Å². The van der Waals surface area contributed by atoms with E-state index in [1.54, 1.807) is 39.0 Å². The monoisotopic (exact) mass is 312 g/mol. The van der Waals surface area contributed by atoms with Crippen molar-refractivity contribution >= 4 is 23.4 Å². The van der Waals surface area contributed by atoms with Gasteiger partial charge < -0.3 is 15.2 Å². The van der Waals surface area contributed by atoms with Crippen LogP contribution in [0.15, 0.2) is 18.2 Å². The Bertz CT molecular complexity index is 536. The molecule has 1 aromatic rings. The number of β-amino-alcohol motifs (C(OH)–C–C–N with tert-alkyl or cyclic N) is 1. The maximum absolute atomic E-state index is 11.8. The Balaban J connectivity index is 2.06. The van der Waals surface area contributed by atoms with Crippen molar-refractivity contribution in [3.8, 4) is 0 Å². The van der Waals surface area contributed by atoms with E-state index in [0.717, 1.165) is 5.56 Å². The van der Waals surface area contributed by atoms with E-state index in [-0.39, 0.29) is 0 Å². The summed E-state index contributed by atoms with van der Waals surface area (Å²) in [4.78, 5) is 11.8. The molecule has 3 N–H and O–H groups in total. The SMILES string of the molecule is CC(C)(C)OC(=O)Nc1ccc(Cl)c(CC2(O)CNC2)c1. The van der Waals surface area contributed by atoms with Gasteiger partial charge in [-0.3, -0.25) is 5.32 Å². The van der Waals surface area contributed by atoms with Crippen molar-refractivity contribution in [3.05, 3.63) is 28.8 Å². The number of amides is 1. The summed E-state index contributed by atoms with van der Waals surface area (Å²) in [5.74, 6) is 0. The quantitative estimate of drug-likeness (QED) is 0.802. The van der Waals surface area contributed by atoms with Crippen molar-refractivity contribution in [2.24, 2.45) is 0 Å². The van der Waals surface area contributed by atoms with Crippen LogP contribution in [0.1, 0.15) is 26.3 Å². The Morgan fingerprint density at radius 3 is 2.67 bits per heavy atom. The van der Waals surface area contributed by atoms with Crippen molar-refractivity contribution in [2.45, 2.75) is 38.4 Å². The topological polar surface area (TPSA) is 70.6 Å². The molecule has 0 unspecified atom stereocenters. The molecule has 0 radical (unpaired) electrons. The summed E-state index contributed by atoms with van der Waals surface area (Å²) in [5, 5.41) is 16.5. The van der Waals surface area contributed by atoms with Gasteiger partial charge in [0.1, 0.15) is 5.60 Å². The van der Waals surface area contributed by atoms with Crippen LogP contribution in [0.25, 0.3) is 0 Å². The number of ether oxygens (including phenoxy) is 1. The van der Waals surface area contributed by atoms with E-state index in [9.17, 15) is 9.90 Å². The van der Waals surface area contributed by atoms with E-state index >= 15 is 0 Å². The smallest absolute Gasteiger partial charge is 0.412 e. The summed E-state index contributed by atoms with van der Waals surface area (Å²) in [7, 11) is 0. The van der Waals surface area contributed by atoms with Gasteiger partial charge >= 0.3 is 6.09 Å². The number of rotatable bonds is 3. The number of aliphatic hydroxyl groups is 1. The Labute approximate surface area is 129 Å². The Morgan fingerprint density at radius 2 is 2.14 bits per heavy atom. The van der Waals surface area contributed by atoms with Crippen LogP contribution >= 0.6 is 11.6 Å². The molecule has 1 aliphatic heterocycles. The van der Waals surface area contributed by atoms with Crippen LogP contribution in [-0.2, 0) is 11.2 Å². The molecular formula is C15H21ClN2O3. The third-order valence-electron chi connectivity index (χ3n) is 3.12. The van der Waals surface area contributed by atoms with Crippen LogP contribution in [0.3, 0.4) is 0 Å². The standard InChI is InChI=1S/C15H21ClN2O3/c1-14(2,3)21-13(19)18-11-4-5-12(16)10(6-11)7-15(20)8-17-9-15/h4-6,17,20H,7-9H2,1-3H3,(H,18,19). The molecule has 5 nitrogen and oxygen atoms in total. The normalized spacial score (nSPS) is 17.0. The number of hydrogen-bond donors (Lipinski definition) is 3. The highest BCUT2D eigenvalue weighted by atomic mass is 35.5. The number of carbonyl (C=O) groups is 1. The highest BCUT2D eigenvalue weighted by Crippen LogP contribution is 2.26. The minimum absolute atomic E-state index is 0.447. The molecular weight excluding hydrogens is 292 g/mol. The lowest BCUT2D eigenvalue weighted by atomic mass is 9.89. The third kappa shape index (κ3) is 4.59. The molecule has 2 rings (SSSR count). The van der Waals surface area contributed by atoms with Crippen LogP contribution in [-0.4, -0.2) is 35.5 Å². The van der Waals surface area contributed by atoms with E-state index in [4.69, 9.17) is 16.3 Å². The average molecular weight is 313 g/mol. The summed E-state index contributed by atoms with van der Waals surface area (Å²) in [6.45, 7) is 6.51. The predicted molar refractivity (Wildman–Crippen MR) is 82.8 cm³/mol. The van der Waals surface area contributed by atoms with Gasteiger partial charge in [0.05, 0.1) is 5.60 Å². The largest absolute Gasteiger partial charge is 0.444 e. The molecule has 1 amide bonds. The van der Waals surface area contributed by atoms with Crippen LogP contribution < -0.4 is 10.6 Å². The molecule has 0 atom stereocenters. The number of anilines is 1. The van der Waals surface area contributed by atoms with Gasteiger partial charge in [-0.15, -0.1) is 0 Å². The van der Waals surface area contributed by atoms with Crippen LogP contribution in [0.5, 0.6) is 0 Å². The maximum atomic E-state index is 11.8. The minimum atomic E-state index is -0.756. The minimum Gasteiger partial charge on any atom is -0.444 e. The number of nitrogens with one attached hydrogen (secondary N) is 2. The zero-order valence-electron chi connectivity index (χ0n) is 12.5. The first kappa shape index (κ1) is 16.1. The van der Waals surface area contributed by atoms with Gasteiger partial charge in [-0.25, -0.2) is 4.79 Å². The summed E-state index contributed by atoms with van der Waals surface area (Å²) in [6.07, 6.45) is -0.0670. The van der Waals surface area contributed by atoms with Crippen molar-refractivity contribution in [1.82, 2.24) is 5.32 Å². The predicted octanol–water partition coefficient (Wildman–Crippen LogP) is 2.56. The van der Waals surface area contributed by atoms with E-state index in [1.807, 2.05) is 0 Å². The average Bonchev–Trinajstić information content (AvgIpc) is 2.29. The highest BCUT2D eigenvalue weighted by molar-refractivity contribution is 6.31. The molecule has 21 heavy (non-hydrogen) atoms. The van der Waals surface area contributed by atoms with E-state index in [0.29, 0.717) is 30.2 Å². The van der Waals surface area contributed by atoms with E-state index < -0.39 is 17.3 Å². The zero-order valence-corrected chi connectivity index (χ0v) is 13.3. The van der Waals surface area contributed by atoms with E-state index in [2.05, 4.69) is 10.6 Å². The first-order chi connectivity index (χ1) is 9.67. The lowest BCUT2D eigenvalue weighted by Crippen LogP contribution is -2.60. The molecule has 1 fully saturated rings. The van der Waals surface area contributed by atoms with Gasteiger partial charge in [0.2, 0.25) is 0 Å². The first-order valence-electron chi connectivity index (χ1n) is 6.88. The molecule has 0 spiro atoms. The van der Waals surface area contributed by atoms with Gasteiger partial charge in [-0.2, -0.15) is 0 Å². The molecule has 0 bridgehead atoms. The summed E-state index contributed by atoms with van der Waals surface area (Å²) < 4.78 is 5.20. The second-order valence-corrected chi connectivity index (χ2v) is 6.84. The Hall–Kier alpha value is -1.30. The summed E-state index contributed by atoms with van der Waals surface area (Å²) in [5.41, 5.74) is 0.0917. The second kappa shape index (κ2) is 5.83. The second-order valence-electron chi connectivity index (χ2n) is 6.44. The number of carbonyl (C=O) groups excluding carboxylic acids is 1. The van der Waals surface area contributed by atoms with Gasteiger partial charge in [-0.1, -0.05) is 11.6 Å². The van der Waals surface area contributed by atoms with Crippen LogP contribution in [0, 0.1) is 0 Å². The Kier molecular flexibility index (Phi) is 4.46. The molecule has 0 saturated carbocycles. The first-order valence-corrected chi connectivity index (χ1v) is 7.26. The molecule has 0 aliphatic carbocycles. The van der Waals surface area contributed by atoms with Crippen molar-refractivity contribution < 1.29 is 14.6 Å². The maximum Gasteiger partial charge on any atom is 0.412 e. The molecule has 1 aromatic carbocycles. The fraction of sp³-hybridized carbons (Fsp3) is 0.533. The number of hydrogen-bond acceptors (Lipinski definition) is 4.